The molecule has 0 heterocycles. The Labute approximate surface area is 101 Å². The fourth-order valence-electron chi connectivity index (χ4n) is 1.47. The van der Waals surface area contributed by atoms with E-state index in [0.717, 1.165) is 0 Å². The van der Waals surface area contributed by atoms with Gasteiger partial charge in [0.15, 0.2) is 0 Å². The second kappa shape index (κ2) is 4.59. The summed E-state index contributed by atoms with van der Waals surface area (Å²) in [5, 5.41) is 0. The summed E-state index contributed by atoms with van der Waals surface area (Å²) in [7, 11) is -1.95. The molecule has 0 N–H and O–H groups in total. The Bertz CT molecular complexity index is 579. The lowest BCUT2D eigenvalue weighted by Crippen LogP contribution is -2.26. The van der Waals surface area contributed by atoms with E-state index in [4.69, 9.17) is 0 Å². The van der Waals surface area contributed by atoms with Crippen molar-refractivity contribution in [3.63, 3.8) is 0 Å². The molecule has 2 rings (SSSR count). The molecule has 3 nitrogen and oxygen atoms in total. The molecule has 1 radical (unpaired) electrons. The summed E-state index contributed by atoms with van der Waals surface area (Å²) in [6.07, 6.45) is 0. The van der Waals surface area contributed by atoms with E-state index in [9.17, 15) is 8.42 Å². The first-order chi connectivity index (χ1) is 8.12. The van der Waals surface area contributed by atoms with Crippen LogP contribution < -0.4 is 4.31 Å². The summed E-state index contributed by atoms with van der Waals surface area (Å²) >= 11 is 0. The number of hydrogen-bond donors (Lipinski definition) is 0. The van der Waals surface area contributed by atoms with Crippen molar-refractivity contribution in [2.45, 2.75) is 4.90 Å². The van der Waals surface area contributed by atoms with Crippen molar-refractivity contribution in [1.29, 1.82) is 0 Å². The van der Waals surface area contributed by atoms with Crippen molar-refractivity contribution < 1.29 is 8.42 Å². The Morgan fingerprint density at radius 3 is 2.35 bits per heavy atom. The molecule has 0 spiro atoms. The van der Waals surface area contributed by atoms with Gasteiger partial charge in [-0.3, -0.25) is 4.31 Å². The first-order valence-corrected chi connectivity index (χ1v) is 6.56. The molecule has 17 heavy (non-hydrogen) atoms. The maximum Gasteiger partial charge on any atom is 0.264 e. The van der Waals surface area contributed by atoms with Crippen LogP contribution in [0.5, 0.6) is 0 Å². The Kier molecular flexibility index (Phi) is 3.15. The highest BCUT2D eigenvalue weighted by atomic mass is 32.2. The SMILES string of the molecule is CN(c1c[c]ccc1)S(=O)(=O)c1ccccc1. The molecule has 4 heteroatoms. The molecule has 0 aliphatic rings. The molecule has 0 saturated heterocycles. The largest absolute Gasteiger partial charge is 0.269 e. The lowest BCUT2D eigenvalue weighted by atomic mass is 10.3. The fraction of sp³-hybridized carbons (Fsp3) is 0.0769. The summed E-state index contributed by atoms with van der Waals surface area (Å²) < 4.78 is 25.7. The summed E-state index contributed by atoms with van der Waals surface area (Å²) in [6, 6.07) is 18.1. The first-order valence-electron chi connectivity index (χ1n) is 5.12. The van der Waals surface area contributed by atoms with Gasteiger partial charge in [-0.2, -0.15) is 0 Å². The molecule has 0 unspecified atom stereocenters. The molecule has 0 aliphatic carbocycles. The van der Waals surface area contributed by atoms with Crippen LogP contribution in [0.2, 0.25) is 0 Å². The smallest absolute Gasteiger partial charge is 0.264 e. The van der Waals surface area contributed by atoms with Crippen LogP contribution in [0, 0.1) is 6.07 Å². The molecular weight excluding hydrogens is 234 g/mol. The van der Waals surface area contributed by atoms with Crippen LogP contribution in [0.4, 0.5) is 5.69 Å². The highest BCUT2D eigenvalue weighted by Gasteiger charge is 2.20. The average molecular weight is 246 g/mol. The van der Waals surface area contributed by atoms with Crippen LogP contribution >= 0.6 is 0 Å². The van der Waals surface area contributed by atoms with Gasteiger partial charge in [-0.15, -0.1) is 0 Å². The molecule has 2 aromatic rings. The minimum Gasteiger partial charge on any atom is -0.269 e. The first kappa shape index (κ1) is 11.7. The third-order valence-corrected chi connectivity index (χ3v) is 4.26. The van der Waals surface area contributed by atoms with Crippen molar-refractivity contribution >= 4 is 15.7 Å². The molecule has 2 aromatic carbocycles. The second-order valence-corrected chi connectivity index (χ2v) is 5.52. The van der Waals surface area contributed by atoms with Crippen LogP contribution in [0.1, 0.15) is 0 Å². The third-order valence-electron chi connectivity index (χ3n) is 2.46. The molecule has 0 aromatic heterocycles. The van der Waals surface area contributed by atoms with Gasteiger partial charge in [0, 0.05) is 7.05 Å². The van der Waals surface area contributed by atoms with Crippen LogP contribution in [0.3, 0.4) is 0 Å². The number of rotatable bonds is 3. The quantitative estimate of drug-likeness (QED) is 0.833. The molecule has 0 aliphatic heterocycles. The highest BCUT2D eigenvalue weighted by Crippen LogP contribution is 2.20. The van der Waals surface area contributed by atoms with Crippen molar-refractivity contribution in [2.75, 3.05) is 11.4 Å². The normalized spacial score (nSPS) is 11.1. The lowest BCUT2D eigenvalue weighted by molar-refractivity contribution is 0.594. The van der Waals surface area contributed by atoms with Gasteiger partial charge in [0.25, 0.3) is 10.0 Å². The van der Waals surface area contributed by atoms with Crippen LogP contribution in [0.15, 0.2) is 59.5 Å². The monoisotopic (exact) mass is 246 g/mol. The van der Waals surface area contributed by atoms with E-state index in [1.807, 2.05) is 0 Å². The maximum absolute atomic E-state index is 12.2. The van der Waals surface area contributed by atoms with Crippen molar-refractivity contribution in [3.05, 3.63) is 60.7 Å². The topological polar surface area (TPSA) is 37.4 Å². The Morgan fingerprint density at radius 2 is 1.76 bits per heavy atom. The molecule has 87 valence electrons. The fourth-order valence-corrected chi connectivity index (χ4v) is 2.68. The number of sulfonamides is 1. The zero-order valence-electron chi connectivity index (χ0n) is 9.37. The van der Waals surface area contributed by atoms with E-state index in [1.54, 1.807) is 54.6 Å². The van der Waals surface area contributed by atoms with Gasteiger partial charge < -0.3 is 0 Å². The lowest BCUT2D eigenvalue weighted by Gasteiger charge is -2.19. The zero-order chi connectivity index (χ0) is 12.3. The molecule has 0 amide bonds. The molecule has 0 bridgehead atoms. The van der Waals surface area contributed by atoms with Gasteiger partial charge >= 0.3 is 0 Å². The van der Waals surface area contributed by atoms with Gasteiger partial charge in [0.1, 0.15) is 0 Å². The standard InChI is InChI=1S/C13H12NO2S/c1-14(12-8-4-2-5-9-12)17(15,16)13-10-6-3-7-11-13/h2-4,6-11H,1H3. The van der Waals surface area contributed by atoms with Gasteiger partial charge in [-0.05, 0) is 30.3 Å². The van der Waals surface area contributed by atoms with Crippen LogP contribution in [-0.2, 0) is 10.0 Å². The van der Waals surface area contributed by atoms with Crippen molar-refractivity contribution in [2.24, 2.45) is 0 Å². The van der Waals surface area contributed by atoms with Gasteiger partial charge in [0.2, 0.25) is 0 Å². The molecule has 0 fully saturated rings. The zero-order valence-corrected chi connectivity index (χ0v) is 10.2. The Balaban J connectivity index is 2.41. The molecule has 0 saturated carbocycles. The third kappa shape index (κ3) is 2.31. The number of anilines is 1. The van der Waals surface area contributed by atoms with E-state index in [1.165, 1.54) is 11.4 Å². The van der Waals surface area contributed by atoms with Gasteiger partial charge in [0.05, 0.1) is 10.6 Å². The number of benzene rings is 2. The predicted octanol–water partition coefficient (Wildman–Crippen LogP) is 2.31. The van der Waals surface area contributed by atoms with E-state index >= 15 is 0 Å². The molecule has 0 atom stereocenters. The molecular formula is C13H12NO2S. The van der Waals surface area contributed by atoms with Gasteiger partial charge in [-0.25, -0.2) is 8.42 Å². The summed E-state index contributed by atoms with van der Waals surface area (Å²) in [4.78, 5) is 0.284. The Hall–Kier alpha value is -1.81. The summed E-state index contributed by atoms with van der Waals surface area (Å²) in [5.41, 5.74) is 0.594. The van der Waals surface area contributed by atoms with Crippen molar-refractivity contribution in [3.8, 4) is 0 Å². The van der Waals surface area contributed by atoms with E-state index in [-0.39, 0.29) is 4.90 Å². The predicted molar refractivity (Wildman–Crippen MR) is 67.3 cm³/mol. The van der Waals surface area contributed by atoms with Crippen LogP contribution in [0.25, 0.3) is 0 Å². The van der Waals surface area contributed by atoms with E-state index in [0.29, 0.717) is 5.69 Å². The number of hydrogen-bond acceptors (Lipinski definition) is 2. The van der Waals surface area contributed by atoms with E-state index < -0.39 is 10.0 Å². The van der Waals surface area contributed by atoms with Crippen LogP contribution in [-0.4, -0.2) is 15.5 Å². The number of nitrogens with zero attached hydrogens (tertiary/aromatic N) is 1. The summed E-state index contributed by atoms with van der Waals surface area (Å²) in [6.45, 7) is 0. The minimum absolute atomic E-state index is 0.284. The summed E-state index contributed by atoms with van der Waals surface area (Å²) in [5.74, 6) is 0. The second-order valence-electron chi connectivity index (χ2n) is 3.55. The maximum atomic E-state index is 12.2. The minimum atomic E-state index is -3.48. The highest BCUT2D eigenvalue weighted by molar-refractivity contribution is 7.92. The van der Waals surface area contributed by atoms with E-state index in [2.05, 4.69) is 6.07 Å². The van der Waals surface area contributed by atoms with Gasteiger partial charge in [-0.1, -0.05) is 30.3 Å². The van der Waals surface area contributed by atoms with Crippen molar-refractivity contribution in [1.82, 2.24) is 0 Å². The Morgan fingerprint density at radius 1 is 1.06 bits per heavy atom. The average Bonchev–Trinajstić information content (AvgIpc) is 2.40.